The number of amides is 2. The van der Waals surface area contributed by atoms with Crippen LogP contribution >= 0.6 is 0 Å². The van der Waals surface area contributed by atoms with E-state index in [1.165, 1.54) is 6.26 Å². The van der Waals surface area contributed by atoms with E-state index in [-0.39, 0.29) is 11.8 Å². The van der Waals surface area contributed by atoms with Crippen molar-refractivity contribution in [3.8, 4) is 0 Å². The summed E-state index contributed by atoms with van der Waals surface area (Å²) in [7, 11) is 0. The van der Waals surface area contributed by atoms with Crippen LogP contribution in [0.5, 0.6) is 0 Å². The van der Waals surface area contributed by atoms with E-state index < -0.39 is 0 Å². The van der Waals surface area contributed by atoms with Crippen molar-refractivity contribution in [1.29, 1.82) is 0 Å². The summed E-state index contributed by atoms with van der Waals surface area (Å²) in [5.41, 5.74) is 2.26. The molecule has 0 spiro atoms. The molecule has 1 aromatic heterocycles. The van der Waals surface area contributed by atoms with E-state index in [0.29, 0.717) is 24.2 Å². The van der Waals surface area contributed by atoms with Gasteiger partial charge in [0.25, 0.3) is 5.91 Å². The summed E-state index contributed by atoms with van der Waals surface area (Å²) < 4.78 is 4.64. The normalized spacial score (nSPS) is 13.6. The van der Waals surface area contributed by atoms with Crippen molar-refractivity contribution in [2.45, 2.75) is 12.8 Å². The van der Waals surface area contributed by atoms with E-state index in [0.717, 1.165) is 11.3 Å². The van der Waals surface area contributed by atoms with Crippen LogP contribution in [-0.4, -0.2) is 17.0 Å². The first-order chi connectivity index (χ1) is 9.22. The lowest BCUT2D eigenvalue weighted by atomic mass is 10.00. The summed E-state index contributed by atoms with van der Waals surface area (Å²) in [6, 6.07) is 6.75. The lowest BCUT2D eigenvalue weighted by molar-refractivity contribution is -0.116. The Labute approximate surface area is 108 Å². The van der Waals surface area contributed by atoms with E-state index in [2.05, 4.69) is 20.3 Å². The third kappa shape index (κ3) is 2.33. The Morgan fingerprint density at radius 2 is 2.21 bits per heavy atom. The molecule has 96 valence electrons. The van der Waals surface area contributed by atoms with Gasteiger partial charge in [-0.05, 0) is 30.2 Å². The molecule has 1 aliphatic rings. The SMILES string of the molecule is O=C1CCc2cc(C(=O)Nc3ccon3)ccc2N1. The molecular formula is C13H11N3O3. The van der Waals surface area contributed by atoms with E-state index in [4.69, 9.17) is 0 Å². The predicted octanol–water partition coefficient (Wildman–Crippen LogP) is 1.81. The molecule has 3 rings (SSSR count). The van der Waals surface area contributed by atoms with Gasteiger partial charge in [0, 0.05) is 23.7 Å². The Kier molecular flexibility index (Phi) is 2.75. The van der Waals surface area contributed by atoms with Gasteiger partial charge in [-0.3, -0.25) is 9.59 Å². The molecule has 0 saturated heterocycles. The minimum Gasteiger partial charge on any atom is -0.363 e. The molecule has 0 aliphatic carbocycles. The number of carbonyl (C=O) groups is 2. The van der Waals surface area contributed by atoms with Crippen molar-refractivity contribution in [1.82, 2.24) is 5.16 Å². The molecule has 2 N–H and O–H groups in total. The van der Waals surface area contributed by atoms with Crippen molar-refractivity contribution in [3.63, 3.8) is 0 Å². The molecule has 6 nitrogen and oxygen atoms in total. The van der Waals surface area contributed by atoms with Gasteiger partial charge >= 0.3 is 0 Å². The molecule has 2 heterocycles. The largest absolute Gasteiger partial charge is 0.363 e. The fraction of sp³-hybridized carbons (Fsp3) is 0.154. The number of nitrogens with zero attached hydrogens (tertiary/aromatic N) is 1. The highest BCUT2D eigenvalue weighted by Gasteiger charge is 2.16. The van der Waals surface area contributed by atoms with Gasteiger partial charge in [-0.1, -0.05) is 5.16 Å². The number of fused-ring (bicyclic) bond motifs is 1. The third-order valence-corrected chi connectivity index (χ3v) is 2.94. The molecule has 2 amide bonds. The van der Waals surface area contributed by atoms with Gasteiger partial charge in [-0.2, -0.15) is 0 Å². The first-order valence-corrected chi connectivity index (χ1v) is 5.87. The van der Waals surface area contributed by atoms with Gasteiger partial charge < -0.3 is 15.2 Å². The number of benzene rings is 1. The average Bonchev–Trinajstić information content (AvgIpc) is 2.91. The molecule has 2 aromatic rings. The van der Waals surface area contributed by atoms with Gasteiger partial charge in [-0.25, -0.2) is 0 Å². The number of carbonyl (C=O) groups excluding carboxylic acids is 2. The lowest BCUT2D eigenvalue weighted by Crippen LogP contribution is -2.20. The van der Waals surface area contributed by atoms with Crippen LogP contribution in [0, 0.1) is 0 Å². The maximum atomic E-state index is 12.0. The smallest absolute Gasteiger partial charge is 0.256 e. The lowest BCUT2D eigenvalue weighted by Gasteiger charge is -2.17. The molecular weight excluding hydrogens is 246 g/mol. The van der Waals surface area contributed by atoms with Crippen molar-refractivity contribution < 1.29 is 14.1 Å². The van der Waals surface area contributed by atoms with Crippen LogP contribution in [0.1, 0.15) is 22.3 Å². The Morgan fingerprint density at radius 3 is 3.00 bits per heavy atom. The zero-order valence-electron chi connectivity index (χ0n) is 9.97. The first kappa shape index (κ1) is 11.5. The number of nitrogens with one attached hydrogen (secondary N) is 2. The Morgan fingerprint density at radius 1 is 1.32 bits per heavy atom. The van der Waals surface area contributed by atoms with Crippen LogP contribution in [0.15, 0.2) is 35.1 Å². The summed E-state index contributed by atoms with van der Waals surface area (Å²) in [5.74, 6) is 0.122. The number of aromatic nitrogens is 1. The highest BCUT2D eigenvalue weighted by molar-refractivity contribution is 6.04. The average molecular weight is 257 g/mol. The summed E-state index contributed by atoms with van der Waals surface area (Å²) in [5, 5.41) is 9.01. The summed E-state index contributed by atoms with van der Waals surface area (Å²) in [4.78, 5) is 23.2. The zero-order chi connectivity index (χ0) is 13.2. The number of hydrogen-bond acceptors (Lipinski definition) is 4. The van der Waals surface area contributed by atoms with Crippen LogP contribution in [-0.2, 0) is 11.2 Å². The maximum Gasteiger partial charge on any atom is 0.256 e. The van der Waals surface area contributed by atoms with Crippen molar-refractivity contribution >= 4 is 23.3 Å². The number of hydrogen-bond donors (Lipinski definition) is 2. The summed E-state index contributed by atoms with van der Waals surface area (Å²) in [6.07, 6.45) is 2.48. The second-order valence-electron chi connectivity index (χ2n) is 4.26. The van der Waals surface area contributed by atoms with E-state index in [9.17, 15) is 9.59 Å². The fourth-order valence-electron chi connectivity index (χ4n) is 1.99. The van der Waals surface area contributed by atoms with Crippen molar-refractivity contribution in [2.75, 3.05) is 10.6 Å². The number of anilines is 2. The molecule has 1 aliphatic heterocycles. The fourth-order valence-corrected chi connectivity index (χ4v) is 1.99. The minimum atomic E-state index is -0.256. The number of rotatable bonds is 2. The third-order valence-electron chi connectivity index (χ3n) is 2.94. The summed E-state index contributed by atoms with van der Waals surface area (Å²) in [6.45, 7) is 0. The summed E-state index contributed by atoms with van der Waals surface area (Å²) >= 11 is 0. The Balaban J connectivity index is 1.82. The minimum absolute atomic E-state index is 0.00676. The topological polar surface area (TPSA) is 84.2 Å². The van der Waals surface area contributed by atoms with E-state index in [1.54, 1.807) is 24.3 Å². The van der Waals surface area contributed by atoms with Crippen molar-refractivity contribution in [3.05, 3.63) is 41.7 Å². The monoisotopic (exact) mass is 257 g/mol. The Hall–Kier alpha value is -2.63. The van der Waals surface area contributed by atoms with Crippen LogP contribution in [0.4, 0.5) is 11.5 Å². The molecule has 19 heavy (non-hydrogen) atoms. The van der Waals surface area contributed by atoms with Gasteiger partial charge in [0.05, 0.1) is 0 Å². The zero-order valence-corrected chi connectivity index (χ0v) is 9.97. The highest BCUT2D eigenvalue weighted by atomic mass is 16.5. The maximum absolute atomic E-state index is 12.0. The Bertz CT molecular complexity index is 635. The molecule has 0 fully saturated rings. The van der Waals surface area contributed by atoms with Gasteiger partial charge in [0.15, 0.2) is 5.82 Å². The van der Waals surface area contributed by atoms with E-state index >= 15 is 0 Å². The van der Waals surface area contributed by atoms with Crippen LogP contribution in [0.2, 0.25) is 0 Å². The standard InChI is InChI=1S/C13H11N3O3/c17-12-4-2-8-7-9(1-3-10(8)14-12)13(18)15-11-5-6-19-16-11/h1,3,5-7H,2,4H2,(H,14,17)(H,15,16,18). The van der Waals surface area contributed by atoms with Crippen LogP contribution in [0.3, 0.4) is 0 Å². The van der Waals surface area contributed by atoms with Gasteiger partial charge in [0.1, 0.15) is 6.26 Å². The molecule has 0 unspecified atom stereocenters. The quantitative estimate of drug-likeness (QED) is 0.859. The van der Waals surface area contributed by atoms with Crippen LogP contribution in [0.25, 0.3) is 0 Å². The molecule has 0 bridgehead atoms. The first-order valence-electron chi connectivity index (χ1n) is 5.87. The highest BCUT2D eigenvalue weighted by Crippen LogP contribution is 2.23. The molecule has 6 heteroatoms. The molecule has 0 radical (unpaired) electrons. The second kappa shape index (κ2) is 4.56. The number of aryl methyl sites for hydroxylation is 1. The second-order valence-corrected chi connectivity index (χ2v) is 4.26. The van der Waals surface area contributed by atoms with Gasteiger partial charge in [-0.15, -0.1) is 0 Å². The molecule has 0 atom stereocenters. The van der Waals surface area contributed by atoms with Crippen molar-refractivity contribution in [2.24, 2.45) is 0 Å². The van der Waals surface area contributed by atoms with E-state index in [1.807, 2.05) is 0 Å². The molecule has 1 aromatic carbocycles. The molecule has 0 saturated carbocycles. The van der Waals surface area contributed by atoms with Crippen LogP contribution < -0.4 is 10.6 Å². The predicted molar refractivity (Wildman–Crippen MR) is 67.8 cm³/mol. The van der Waals surface area contributed by atoms with Gasteiger partial charge in [0.2, 0.25) is 5.91 Å².